The van der Waals surface area contributed by atoms with Gasteiger partial charge in [0.15, 0.2) is 17.2 Å². The van der Waals surface area contributed by atoms with Crippen LogP contribution in [0.3, 0.4) is 0 Å². The lowest BCUT2D eigenvalue weighted by atomic mass is 9.93. The molecule has 0 bridgehead atoms. The highest BCUT2D eigenvalue weighted by atomic mass is 16.6. The van der Waals surface area contributed by atoms with Crippen molar-refractivity contribution in [3.8, 4) is 11.5 Å². The lowest BCUT2D eigenvalue weighted by Crippen LogP contribution is -2.43. The van der Waals surface area contributed by atoms with Crippen molar-refractivity contribution in [1.82, 2.24) is 4.90 Å². The van der Waals surface area contributed by atoms with Crippen LogP contribution in [0.5, 0.6) is 11.5 Å². The zero-order valence-electron chi connectivity index (χ0n) is 12.5. The van der Waals surface area contributed by atoms with Crippen LogP contribution in [0.25, 0.3) is 0 Å². The summed E-state index contributed by atoms with van der Waals surface area (Å²) in [5.74, 6) is 2.28. The fourth-order valence-corrected chi connectivity index (χ4v) is 3.69. The zero-order valence-corrected chi connectivity index (χ0v) is 12.5. The molecule has 0 aromatic heterocycles. The van der Waals surface area contributed by atoms with Crippen molar-refractivity contribution in [2.75, 3.05) is 26.3 Å². The van der Waals surface area contributed by atoms with Crippen molar-refractivity contribution in [1.29, 1.82) is 0 Å². The van der Waals surface area contributed by atoms with Crippen molar-refractivity contribution in [3.63, 3.8) is 0 Å². The zero-order chi connectivity index (χ0) is 15.4. The van der Waals surface area contributed by atoms with E-state index in [4.69, 9.17) is 9.47 Å². The highest BCUT2D eigenvalue weighted by molar-refractivity contribution is 6.05. The highest BCUT2D eigenvalue weighted by Gasteiger charge is 2.49. The molecule has 3 aliphatic heterocycles. The van der Waals surface area contributed by atoms with E-state index in [1.54, 1.807) is 0 Å². The number of rotatable bonds is 1. The fraction of sp³-hybridized carbons (Fsp3) is 0.278. The lowest BCUT2D eigenvalue weighted by Gasteiger charge is -2.34. The van der Waals surface area contributed by atoms with E-state index in [9.17, 15) is 5.11 Å². The summed E-state index contributed by atoms with van der Waals surface area (Å²) in [7, 11) is 0. The molecule has 23 heavy (non-hydrogen) atoms. The van der Waals surface area contributed by atoms with Gasteiger partial charge in [0.05, 0.1) is 6.54 Å². The molecule has 0 amide bonds. The van der Waals surface area contributed by atoms with Crippen molar-refractivity contribution >= 4 is 5.84 Å². The molecule has 0 saturated carbocycles. The van der Waals surface area contributed by atoms with Crippen LogP contribution in [0, 0.1) is 0 Å². The molecular formula is C18H16N2O3. The van der Waals surface area contributed by atoms with Crippen LogP contribution >= 0.6 is 0 Å². The van der Waals surface area contributed by atoms with Crippen LogP contribution in [0.15, 0.2) is 47.5 Å². The minimum Gasteiger partial charge on any atom is -0.486 e. The van der Waals surface area contributed by atoms with Crippen LogP contribution < -0.4 is 9.47 Å². The Morgan fingerprint density at radius 1 is 1.04 bits per heavy atom. The summed E-state index contributed by atoms with van der Waals surface area (Å²) in [6.45, 7) is 2.50. The summed E-state index contributed by atoms with van der Waals surface area (Å²) in [5, 5.41) is 11.6. The van der Waals surface area contributed by atoms with Gasteiger partial charge in [0.2, 0.25) is 0 Å². The molecule has 2 aromatic rings. The number of ether oxygens (including phenoxy) is 2. The SMILES string of the molecule is O[C@@]1(c2ccc3c(c2)OCCO3)c2ccccc2C2=NCCN21. The average molecular weight is 308 g/mol. The molecule has 1 N–H and O–H groups in total. The Balaban J connectivity index is 1.71. The number of benzene rings is 2. The first-order valence-corrected chi connectivity index (χ1v) is 7.83. The Labute approximate surface area is 133 Å². The van der Waals surface area contributed by atoms with Gasteiger partial charge in [0.25, 0.3) is 0 Å². The summed E-state index contributed by atoms with van der Waals surface area (Å²) in [5.41, 5.74) is 1.45. The van der Waals surface area contributed by atoms with Gasteiger partial charge in [-0.15, -0.1) is 0 Å². The molecule has 3 aliphatic rings. The Morgan fingerprint density at radius 2 is 1.87 bits per heavy atom. The second-order valence-electron chi connectivity index (χ2n) is 5.93. The second kappa shape index (κ2) is 4.49. The van der Waals surface area contributed by atoms with Crippen LogP contribution in [0.2, 0.25) is 0 Å². The summed E-state index contributed by atoms with van der Waals surface area (Å²) in [6.07, 6.45) is 0. The van der Waals surface area contributed by atoms with E-state index in [1.165, 1.54) is 0 Å². The van der Waals surface area contributed by atoms with E-state index in [2.05, 4.69) is 4.99 Å². The van der Waals surface area contributed by atoms with E-state index in [-0.39, 0.29) is 0 Å². The van der Waals surface area contributed by atoms with Gasteiger partial charge in [-0.05, 0) is 18.2 Å². The van der Waals surface area contributed by atoms with Crippen LogP contribution in [0.1, 0.15) is 16.7 Å². The molecule has 1 atom stereocenters. The maximum atomic E-state index is 11.6. The molecular weight excluding hydrogens is 292 g/mol. The Kier molecular flexibility index (Phi) is 2.53. The first kappa shape index (κ1) is 13.0. The van der Waals surface area contributed by atoms with Crippen molar-refractivity contribution in [3.05, 3.63) is 59.2 Å². The van der Waals surface area contributed by atoms with E-state index in [0.29, 0.717) is 32.1 Å². The highest BCUT2D eigenvalue weighted by Crippen LogP contribution is 2.45. The van der Waals surface area contributed by atoms with E-state index >= 15 is 0 Å². The molecule has 0 saturated heterocycles. The van der Waals surface area contributed by atoms with Crippen molar-refractivity contribution < 1.29 is 14.6 Å². The number of hydrogen-bond acceptors (Lipinski definition) is 5. The van der Waals surface area contributed by atoms with E-state index in [1.807, 2.05) is 47.4 Å². The molecule has 116 valence electrons. The van der Waals surface area contributed by atoms with E-state index in [0.717, 1.165) is 28.3 Å². The third-order valence-electron chi connectivity index (χ3n) is 4.72. The summed E-state index contributed by atoms with van der Waals surface area (Å²) in [4.78, 5) is 6.55. The van der Waals surface area contributed by atoms with Gasteiger partial charge in [-0.25, -0.2) is 0 Å². The standard InChI is InChI=1S/C18H16N2O3/c21-18(12-5-6-15-16(11-12)23-10-9-22-15)14-4-2-1-3-13(14)17-19-7-8-20(17)18/h1-6,11,21H,7-10H2/t18-/m0/s1. The third-order valence-corrected chi connectivity index (χ3v) is 4.72. The van der Waals surface area contributed by atoms with Gasteiger partial charge in [-0.1, -0.05) is 24.3 Å². The molecule has 0 radical (unpaired) electrons. The first-order chi connectivity index (χ1) is 11.3. The largest absolute Gasteiger partial charge is 0.486 e. The number of fused-ring (bicyclic) bond motifs is 4. The van der Waals surface area contributed by atoms with Gasteiger partial charge in [0.1, 0.15) is 19.0 Å². The molecule has 5 heteroatoms. The third kappa shape index (κ3) is 1.63. The minimum atomic E-state index is -1.21. The minimum absolute atomic E-state index is 0.530. The van der Waals surface area contributed by atoms with Gasteiger partial charge in [-0.3, -0.25) is 4.99 Å². The van der Waals surface area contributed by atoms with Crippen molar-refractivity contribution in [2.24, 2.45) is 4.99 Å². The Morgan fingerprint density at radius 3 is 2.78 bits per heavy atom. The fourth-order valence-electron chi connectivity index (χ4n) is 3.69. The molecule has 0 unspecified atom stereocenters. The summed E-state index contributed by atoms with van der Waals surface area (Å²) < 4.78 is 11.3. The maximum absolute atomic E-state index is 11.6. The monoisotopic (exact) mass is 308 g/mol. The molecule has 3 heterocycles. The molecule has 5 nitrogen and oxygen atoms in total. The van der Waals surface area contributed by atoms with Gasteiger partial charge >= 0.3 is 0 Å². The quantitative estimate of drug-likeness (QED) is 0.872. The molecule has 0 spiro atoms. The molecule has 2 aromatic carbocycles. The van der Waals surface area contributed by atoms with Gasteiger partial charge in [-0.2, -0.15) is 0 Å². The van der Waals surface area contributed by atoms with Crippen molar-refractivity contribution in [2.45, 2.75) is 5.72 Å². The topological polar surface area (TPSA) is 54.3 Å². The maximum Gasteiger partial charge on any atom is 0.193 e. The normalized spacial score (nSPS) is 24.2. The summed E-state index contributed by atoms with van der Waals surface area (Å²) >= 11 is 0. The summed E-state index contributed by atoms with van der Waals surface area (Å²) in [6, 6.07) is 13.6. The van der Waals surface area contributed by atoms with Crippen LogP contribution in [-0.2, 0) is 5.72 Å². The van der Waals surface area contributed by atoms with E-state index < -0.39 is 5.72 Å². The number of nitrogens with zero attached hydrogens (tertiary/aromatic N) is 2. The van der Waals surface area contributed by atoms with Gasteiger partial charge in [0, 0.05) is 23.2 Å². The van der Waals surface area contributed by atoms with Crippen LogP contribution in [0.4, 0.5) is 0 Å². The predicted molar refractivity (Wildman–Crippen MR) is 85.0 cm³/mol. The average Bonchev–Trinajstić information content (AvgIpc) is 3.18. The predicted octanol–water partition coefficient (Wildman–Crippen LogP) is 1.73. The number of aliphatic hydroxyl groups is 1. The lowest BCUT2D eigenvalue weighted by molar-refractivity contribution is -0.0245. The number of hydrogen-bond donors (Lipinski definition) is 1. The Hall–Kier alpha value is -2.53. The van der Waals surface area contributed by atoms with Crippen LogP contribution in [-0.4, -0.2) is 42.1 Å². The van der Waals surface area contributed by atoms with Gasteiger partial charge < -0.3 is 19.5 Å². The smallest absolute Gasteiger partial charge is 0.193 e. The second-order valence-corrected chi connectivity index (χ2v) is 5.93. The first-order valence-electron chi connectivity index (χ1n) is 7.83. The number of aliphatic imine (C=N–C) groups is 1. The molecule has 0 aliphatic carbocycles. The number of amidine groups is 1. The Bertz CT molecular complexity index is 833. The molecule has 5 rings (SSSR count). The molecule has 0 fully saturated rings.